The third-order valence-corrected chi connectivity index (χ3v) is 8.54. The molecule has 22 heavy (non-hydrogen) atoms. The van der Waals surface area contributed by atoms with E-state index in [0.29, 0.717) is 5.75 Å². The second kappa shape index (κ2) is 8.29. The van der Waals surface area contributed by atoms with E-state index in [0.717, 1.165) is 19.4 Å². The lowest BCUT2D eigenvalue weighted by Gasteiger charge is -2.36. The van der Waals surface area contributed by atoms with Crippen LogP contribution in [0.4, 0.5) is 0 Å². The smallest absolute Gasteiger partial charge is 0.335 e. The van der Waals surface area contributed by atoms with Crippen molar-refractivity contribution in [1.29, 1.82) is 0 Å². The quantitative estimate of drug-likeness (QED) is 0.234. The molecule has 0 aromatic heterocycles. The van der Waals surface area contributed by atoms with Crippen molar-refractivity contribution in [2.24, 2.45) is 0 Å². The highest BCUT2D eigenvalue weighted by Crippen LogP contribution is 2.36. The second-order valence-corrected chi connectivity index (χ2v) is 11.7. The molecule has 0 spiro atoms. The minimum absolute atomic E-state index is 0.238. The van der Waals surface area contributed by atoms with Gasteiger partial charge in [-0.3, -0.25) is 0 Å². The number of esters is 1. The summed E-state index contributed by atoms with van der Waals surface area (Å²) in [5.74, 6) is 0.231. The van der Waals surface area contributed by atoms with Gasteiger partial charge in [-0.1, -0.05) is 45.0 Å². The molecule has 0 aliphatic heterocycles. The zero-order valence-electron chi connectivity index (χ0n) is 14.4. The average Bonchev–Trinajstić information content (AvgIpc) is 2.42. The number of carbonyl (C=O) groups excluding carboxylic acids is 1. The number of hydrogen-bond donors (Lipinski definition) is 0. The van der Waals surface area contributed by atoms with Gasteiger partial charge in [0.1, 0.15) is 5.75 Å². The molecule has 0 bridgehead atoms. The van der Waals surface area contributed by atoms with Crippen molar-refractivity contribution in [3.8, 4) is 5.75 Å². The first-order valence-electron chi connectivity index (χ1n) is 7.80. The van der Waals surface area contributed by atoms with Gasteiger partial charge in [0.15, 0.2) is 8.32 Å². The van der Waals surface area contributed by atoms with E-state index in [2.05, 4.69) is 33.9 Å². The summed E-state index contributed by atoms with van der Waals surface area (Å²) in [4.78, 5) is 11.6. The molecule has 0 saturated heterocycles. The molecule has 0 unspecified atom stereocenters. The molecule has 1 rings (SSSR count). The topological polar surface area (TPSA) is 35.5 Å². The highest BCUT2D eigenvalue weighted by molar-refractivity contribution is 6.74. The fraction of sp³-hybridized carbons (Fsp3) is 0.500. The zero-order valence-corrected chi connectivity index (χ0v) is 15.4. The lowest BCUT2D eigenvalue weighted by Crippen LogP contribution is -2.40. The molecule has 1 aromatic carbocycles. The second-order valence-electron chi connectivity index (χ2n) is 6.89. The van der Waals surface area contributed by atoms with Crippen molar-refractivity contribution in [2.75, 3.05) is 6.61 Å². The van der Waals surface area contributed by atoms with Crippen molar-refractivity contribution in [1.82, 2.24) is 0 Å². The monoisotopic (exact) mass is 320 g/mol. The van der Waals surface area contributed by atoms with Crippen LogP contribution in [-0.4, -0.2) is 20.9 Å². The Labute approximate surface area is 135 Å². The van der Waals surface area contributed by atoms with E-state index in [1.807, 2.05) is 24.3 Å². The van der Waals surface area contributed by atoms with Crippen LogP contribution in [0.5, 0.6) is 5.75 Å². The minimum Gasteiger partial charge on any atom is -0.423 e. The molecule has 0 saturated carbocycles. The maximum atomic E-state index is 11.6. The Kier molecular flexibility index (Phi) is 7.03. The molecule has 3 nitrogen and oxygen atoms in total. The number of allylic oxidation sites excluding steroid dienone is 1. The third-order valence-electron chi connectivity index (χ3n) is 4.00. The fourth-order valence-corrected chi connectivity index (χ4v) is 2.65. The Bertz CT molecular complexity index is 487. The Morgan fingerprint density at radius 1 is 1.18 bits per heavy atom. The molecule has 0 heterocycles. The van der Waals surface area contributed by atoms with E-state index in [1.165, 1.54) is 6.08 Å². The summed E-state index contributed by atoms with van der Waals surface area (Å²) in [6.45, 7) is 11.9. The van der Waals surface area contributed by atoms with Crippen molar-refractivity contribution in [3.05, 3.63) is 42.5 Å². The van der Waals surface area contributed by atoms with E-state index < -0.39 is 8.32 Å². The summed E-state index contributed by atoms with van der Waals surface area (Å²) >= 11 is 0. The minimum atomic E-state index is -1.65. The van der Waals surface area contributed by atoms with Gasteiger partial charge in [0.05, 0.1) is 0 Å². The van der Waals surface area contributed by atoms with Gasteiger partial charge < -0.3 is 9.16 Å². The first-order valence-corrected chi connectivity index (χ1v) is 10.7. The molecule has 1 aromatic rings. The van der Waals surface area contributed by atoms with Crippen molar-refractivity contribution < 1.29 is 14.0 Å². The molecular formula is C18H28O3Si. The first-order chi connectivity index (χ1) is 10.2. The molecular weight excluding hydrogens is 292 g/mol. The maximum Gasteiger partial charge on any atom is 0.335 e. The number of para-hydroxylation sites is 1. The Balaban J connectivity index is 2.23. The summed E-state index contributed by atoms with van der Waals surface area (Å²) in [6, 6.07) is 9.09. The van der Waals surface area contributed by atoms with Crippen LogP contribution in [-0.2, 0) is 9.22 Å². The molecule has 4 heteroatoms. The largest absolute Gasteiger partial charge is 0.423 e. The molecule has 0 fully saturated rings. The molecule has 0 atom stereocenters. The SMILES string of the molecule is CC(C)(C)[Si](C)(C)OCCC/C=C/C(=O)Oc1ccccc1. The summed E-state index contributed by atoms with van der Waals surface area (Å²) in [6.07, 6.45) is 5.07. The van der Waals surface area contributed by atoms with Crippen LogP contribution in [0.3, 0.4) is 0 Å². The Morgan fingerprint density at radius 2 is 1.82 bits per heavy atom. The highest BCUT2D eigenvalue weighted by atomic mass is 28.4. The van der Waals surface area contributed by atoms with Gasteiger partial charge in [0.2, 0.25) is 0 Å². The number of benzene rings is 1. The summed E-state index contributed by atoms with van der Waals surface area (Å²) in [5, 5.41) is 0.238. The number of hydrogen-bond acceptors (Lipinski definition) is 3. The third kappa shape index (κ3) is 6.58. The van der Waals surface area contributed by atoms with Gasteiger partial charge in [-0.05, 0) is 43.1 Å². The summed E-state index contributed by atoms with van der Waals surface area (Å²) in [7, 11) is -1.65. The summed E-state index contributed by atoms with van der Waals surface area (Å²) in [5.41, 5.74) is 0. The van der Waals surface area contributed by atoms with Gasteiger partial charge in [-0.15, -0.1) is 0 Å². The van der Waals surface area contributed by atoms with Gasteiger partial charge >= 0.3 is 5.97 Å². The lowest BCUT2D eigenvalue weighted by molar-refractivity contribution is -0.129. The number of carbonyl (C=O) groups is 1. The van der Waals surface area contributed by atoms with Crippen LogP contribution in [0.2, 0.25) is 18.1 Å². The maximum absolute atomic E-state index is 11.6. The predicted molar refractivity (Wildman–Crippen MR) is 93.6 cm³/mol. The highest BCUT2D eigenvalue weighted by Gasteiger charge is 2.36. The standard InChI is InChI=1S/C18H28O3Si/c1-18(2,3)22(4,5)20-15-11-7-10-14-17(19)21-16-12-8-6-9-13-16/h6,8-10,12-14H,7,11,15H2,1-5H3/b14-10+. The van der Waals surface area contributed by atoms with Crippen LogP contribution >= 0.6 is 0 Å². The van der Waals surface area contributed by atoms with Gasteiger partial charge in [0.25, 0.3) is 0 Å². The molecule has 0 N–H and O–H groups in total. The van der Waals surface area contributed by atoms with Crippen LogP contribution < -0.4 is 4.74 Å². The van der Waals surface area contributed by atoms with Crippen molar-refractivity contribution >= 4 is 14.3 Å². The van der Waals surface area contributed by atoms with Crippen LogP contribution in [0.15, 0.2) is 42.5 Å². The Morgan fingerprint density at radius 3 is 2.41 bits per heavy atom. The number of ether oxygens (including phenoxy) is 1. The predicted octanol–water partition coefficient (Wildman–Crippen LogP) is 4.95. The van der Waals surface area contributed by atoms with Crippen LogP contribution in [0, 0.1) is 0 Å². The number of unbranched alkanes of at least 4 members (excludes halogenated alkanes) is 1. The number of rotatable bonds is 7. The summed E-state index contributed by atoms with van der Waals surface area (Å²) < 4.78 is 11.3. The van der Waals surface area contributed by atoms with E-state index in [1.54, 1.807) is 12.1 Å². The molecule has 0 aliphatic rings. The van der Waals surface area contributed by atoms with Crippen LogP contribution in [0.1, 0.15) is 33.6 Å². The molecule has 122 valence electrons. The Hall–Kier alpha value is -1.39. The van der Waals surface area contributed by atoms with E-state index in [9.17, 15) is 4.79 Å². The zero-order chi connectivity index (χ0) is 16.6. The first kappa shape index (κ1) is 18.7. The fourth-order valence-electron chi connectivity index (χ4n) is 1.56. The van der Waals surface area contributed by atoms with E-state index in [4.69, 9.17) is 9.16 Å². The van der Waals surface area contributed by atoms with Gasteiger partial charge in [0, 0.05) is 12.7 Å². The van der Waals surface area contributed by atoms with Crippen LogP contribution in [0.25, 0.3) is 0 Å². The lowest BCUT2D eigenvalue weighted by atomic mass is 10.2. The molecule has 0 amide bonds. The van der Waals surface area contributed by atoms with E-state index in [-0.39, 0.29) is 11.0 Å². The van der Waals surface area contributed by atoms with Crippen molar-refractivity contribution in [2.45, 2.75) is 51.7 Å². The van der Waals surface area contributed by atoms with Gasteiger partial charge in [-0.2, -0.15) is 0 Å². The molecule has 0 radical (unpaired) electrons. The average molecular weight is 321 g/mol. The van der Waals surface area contributed by atoms with Crippen molar-refractivity contribution in [3.63, 3.8) is 0 Å². The molecule has 0 aliphatic carbocycles. The van der Waals surface area contributed by atoms with Gasteiger partial charge in [-0.25, -0.2) is 4.79 Å². The van der Waals surface area contributed by atoms with E-state index >= 15 is 0 Å². The normalized spacial score (nSPS) is 12.6.